The fourth-order valence-corrected chi connectivity index (χ4v) is 5.41. The van der Waals surface area contributed by atoms with Crippen LogP contribution in [0.15, 0.2) is 0 Å². The lowest BCUT2D eigenvalue weighted by Crippen LogP contribution is -2.34. The average molecular weight is 290 g/mol. The minimum atomic E-state index is 0.440. The van der Waals surface area contributed by atoms with Crippen LogP contribution in [-0.4, -0.2) is 5.78 Å². The van der Waals surface area contributed by atoms with Crippen LogP contribution in [0.3, 0.4) is 0 Å². The van der Waals surface area contributed by atoms with E-state index in [2.05, 4.69) is 0 Å². The smallest absolute Gasteiger partial charge is 0.139 e. The van der Waals surface area contributed by atoms with Crippen LogP contribution < -0.4 is 0 Å². The first-order valence-electron chi connectivity index (χ1n) is 9.88. The molecule has 3 fully saturated rings. The van der Waals surface area contributed by atoms with Crippen molar-refractivity contribution in [3.8, 4) is 0 Å². The Bertz CT molecular complexity index is 323. The molecule has 0 radical (unpaired) electrons. The van der Waals surface area contributed by atoms with E-state index in [-0.39, 0.29) is 0 Å². The number of hydrogen-bond acceptors (Lipinski definition) is 1. The molecule has 0 aliphatic heterocycles. The van der Waals surface area contributed by atoms with E-state index in [0.29, 0.717) is 17.6 Å². The molecule has 0 bridgehead atoms. The molecule has 3 aliphatic rings. The van der Waals surface area contributed by atoms with Crippen LogP contribution in [-0.2, 0) is 4.79 Å². The van der Waals surface area contributed by atoms with E-state index in [9.17, 15) is 4.79 Å². The Morgan fingerprint density at radius 2 is 1.24 bits per heavy atom. The van der Waals surface area contributed by atoms with Gasteiger partial charge in [-0.2, -0.15) is 0 Å². The molecule has 1 heteroatoms. The van der Waals surface area contributed by atoms with Gasteiger partial charge in [0.05, 0.1) is 0 Å². The summed E-state index contributed by atoms with van der Waals surface area (Å²) < 4.78 is 0. The lowest BCUT2D eigenvalue weighted by molar-refractivity contribution is -0.131. The van der Waals surface area contributed by atoms with E-state index in [1.54, 1.807) is 0 Å². The highest BCUT2D eigenvalue weighted by molar-refractivity contribution is 5.83. The number of carbonyl (C=O) groups is 1. The first kappa shape index (κ1) is 15.6. The van der Waals surface area contributed by atoms with Crippen LogP contribution >= 0.6 is 0 Å². The molecule has 1 nitrogen and oxygen atoms in total. The first-order valence-corrected chi connectivity index (χ1v) is 9.88. The molecule has 120 valence electrons. The van der Waals surface area contributed by atoms with Crippen LogP contribution in [0.5, 0.6) is 0 Å². The van der Waals surface area contributed by atoms with Gasteiger partial charge in [0.2, 0.25) is 0 Å². The standard InChI is InChI=1S/C20H34O/c21-20(17-11-5-2-6-12-17)19-14-8-7-13-18(19)15-16-9-3-1-4-10-16/h16-19H,1-15H2/t18-,19-/m1/s1. The fraction of sp³-hybridized carbons (Fsp3) is 0.950. The van der Waals surface area contributed by atoms with E-state index in [1.807, 2.05) is 0 Å². The zero-order valence-corrected chi connectivity index (χ0v) is 13.8. The molecule has 3 rings (SSSR count). The van der Waals surface area contributed by atoms with Crippen molar-refractivity contribution in [1.29, 1.82) is 0 Å². The van der Waals surface area contributed by atoms with Crippen LogP contribution in [0.1, 0.15) is 96.3 Å². The Kier molecular flexibility index (Phi) is 5.77. The maximum Gasteiger partial charge on any atom is 0.139 e. The summed E-state index contributed by atoms with van der Waals surface area (Å²) in [4.78, 5) is 13.0. The molecule has 0 N–H and O–H groups in total. The van der Waals surface area contributed by atoms with Crippen molar-refractivity contribution in [2.45, 2.75) is 96.3 Å². The predicted molar refractivity (Wildman–Crippen MR) is 88.2 cm³/mol. The van der Waals surface area contributed by atoms with Gasteiger partial charge in [0.15, 0.2) is 0 Å². The van der Waals surface area contributed by atoms with Gasteiger partial charge in [-0.05, 0) is 43.9 Å². The molecular formula is C20H34O. The van der Waals surface area contributed by atoms with Gasteiger partial charge in [0.1, 0.15) is 5.78 Å². The second kappa shape index (κ2) is 7.79. The maximum absolute atomic E-state index is 13.0. The highest BCUT2D eigenvalue weighted by Crippen LogP contribution is 2.41. The van der Waals surface area contributed by atoms with Crippen LogP contribution in [0.4, 0.5) is 0 Å². The third kappa shape index (κ3) is 4.11. The monoisotopic (exact) mass is 290 g/mol. The summed E-state index contributed by atoms with van der Waals surface area (Å²) in [6.07, 6.45) is 20.2. The van der Waals surface area contributed by atoms with E-state index in [0.717, 1.165) is 11.8 Å². The van der Waals surface area contributed by atoms with Crippen molar-refractivity contribution in [3.05, 3.63) is 0 Å². The second-order valence-electron chi connectivity index (χ2n) is 8.13. The summed E-state index contributed by atoms with van der Waals surface area (Å²) in [5, 5.41) is 0. The van der Waals surface area contributed by atoms with Crippen molar-refractivity contribution >= 4 is 5.78 Å². The number of Topliss-reactive ketones (excluding diaryl/α,β-unsaturated/α-hetero) is 1. The molecule has 3 saturated carbocycles. The molecule has 0 spiro atoms. The van der Waals surface area contributed by atoms with Crippen LogP contribution in [0, 0.1) is 23.7 Å². The summed E-state index contributed by atoms with van der Waals surface area (Å²) in [6, 6.07) is 0. The highest BCUT2D eigenvalue weighted by atomic mass is 16.1. The Morgan fingerprint density at radius 3 is 1.95 bits per heavy atom. The number of hydrogen-bond donors (Lipinski definition) is 0. The summed E-state index contributed by atoms with van der Waals surface area (Å²) >= 11 is 0. The van der Waals surface area contributed by atoms with Gasteiger partial charge < -0.3 is 0 Å². The molecule has 0 aromatic carbocycles. The molecule has 0 aromatic rings. The van der Waals surface area contributed by atoms with Gasteiger partial charge in [-0.15, -0.1) is 0 Å². The van der Waals surface area contributed by atoms with E-state index in [1.165, 1.54) is 96.3 Å². The molecule has 3 aliphatic carbocycles. The number of rotatable bonds is 4. The largest absolute Gasteiger partial charge is 0.299 e. The molecule has 2 atom stereocenters. The first-order chi connectivity index (χ1) is 10.3. The number of ketones is 1. The normalized spacial score (nSPS) is 33.0. The molecule has 0 heterocycles. The molecule has 0 saturated heterocycles. The fourth-order valence-electron chi connectivity index (χ4n) is 5.41. The Labute approximate surface area is 131 Å². The summed E-state index contributed by atoms with van der Waals surface area (Å²) in [5.41, 5.74) is 0. The summed E-state index contributed by atoms with van der Waals surface area (Å²) in [7, 11) is 0. The molecule has 0 aromatic heterocycles. The predicted octanol–water partition coefficient (Wildman–Crippen LogP) is 5.91. The molecule has 0 unspecified atom stereocenters. The lowest BCUT2D eigenvalue weighted by atomic mass is 9.68. The minimum absolute atomic E-state index is 0.440. The minimum Gasteiger partial charge on any atom is -0.299 e. The topological polar surface area (TPSA) is 17.1 Å². The van der Waals surface area contributed by atoms with Crippen LogP contribution in [0.2, 0.25) is 0 Å². The second-order valence-corrected chi connectivity index (χ2v) is 8.13. The zero-order chi connectivity index (χ0) is 14.5. The Balaban J connectivity index is 1.58. The van der Waals surface area contributed by atoms with Gasteiger partial charge in [-0.3, -0.25) is 4.79 Å². The average Bonchev–Trinajstić information content (AvgIpc) is 2.56. The SMILES string of the molecule is O=C(C1CCCCC1)[C@@H]1CCCC[C@@H]1CC1CCCCC1. The summed E-state index contributed by atoms with van der Waals surface area (Å²) in [5.74, 6) is 3.27. The number of carbonyl (C=O) groups excluding carboxylic acids is 1. The Hall–Kier alpha value is -0.330. The highest BCUT2D eigenvalue weighted by Gasteiger charge is 2.36. The van der Waals surface area contributed by atoms with Gasteiger partial charge in [0.25, 0.3) is 0 Å². The third-order valence-corrected chi connectivity index (χ3v) is 6.64. The summed E-state index contributed by atoms with van der Waals surface area (Å²) in [6.45, 7) is 0. The van der Waals surface area contributed by atoms with Gasteiger partial charge in [-0.1, -0.05) is 64.2 Å². The van der Waals surface area contributed by atoms with Gasteiger partial charge in [-0.25, -0.2) is 0 Å². The van der Waals surface area contributed by atoms with E-state index >= 15 is 0 Å². The van der Waals surface area contributed by atoms with E-state index in [4.69, 9.17) is 0 Å². The molecule has 0 amide bonds. The van der Waals surface area contributed by atoms with Crippen LogP contribution in [0.25, 0.3) is 0 Å². The lowest BCUT2D eigenvalue weighted by Gasteiger charge is -2.36. The molecular weight excluding hydrogens is 256 g/mol. The van der Waals surface area contributed by atoms with Crippen molar-refractivity contribution in [3.63, 3.8) is 0 Å². The third-order valence-electron chi connectivity index (χ3n) is 6.64. The zero-order valence-electron chi connectivity index (χ0n) is 13.8. The van der Waals surface area contributed by atoms with Gasteiger partial charge in [0, 0.05) is 11.8 Å². The Morgan fingerprint density at radius 1 is 0.667 bits per heavy atom. The van der Waals surface area contributed by atoms with Crippen molar-refractivity contribution in [1.82, 2.24) is 0 Å². The van der Waals surface area contributed by atoms with Crippen molar-refractivity contribution in [2.75, 3.05) is 0 Å². The van der Waals surface area contributed by atoms with Crippen molar-refractivity contribution < 1.29 is 4.79 Å². The van der Waals surface area contributed by atoms with Crippen molar-refractivity contribution in [2.24, 2.45) is 23.7 Å². The molecule has 21 heavy (non-hydrogen) atoms. The quantitative estimate of drug-likeness (QED) is 0.628. The van der Waals surface area contributed by atoms with Gasteiger partial charge >= 0.3 is 0 Å². The maximum atomic E-state index is 13.0. The van der Waals surface area contributed by atoms with E-state index < -0.39 is 0 Å².